The Kier molecular flexibility index (Phi) is 3.38. The van der Waals surface area contributed by atoms with Crippen molar-refractivity contribution in [2.45, 2.75) is 5.03 Å². The lowest BCUT2D eigenvalue weighted by Gasteiger charge is -2.19. The van der Waals surface area contributed by atoms with Crippen molar-refractivity contribution in [2.24, 2.45) is 0 Å². The molecule has 21 heavy (non-hydrogen) atoms. The zero-order valence-corrected chi connectivity index (χ0v) is 11.6. The van der Waals surface area contributed by atoms with E-state index in [1.54, 1.807) is 6.07 Å². The monoisotopic (exact) mass is 310 g/mol. The molecule has 1 aromatic carbocycles. The molecule has 110 valence electrons. The van der Waals surface area contributed by atoms with Gasteiger partial charge < -0.3 is 9.47 Å². The van der Waals surface area contributed by atoms with Gasteiger partial charge in [-0.05, 0) is 24.3 Å². The fourth-order valence-electron chi connectivity index (χ4n) is 1.88. The number of ether oxygens (including phenoxy) is 2. The van der Waals surface area contributed by atoms with Gasteiger partial charge in [-0.1, -0.05) is 0 Å². The molecule has 0 radical (unpaired) electrons. The Morgan fingerprint density at radius 2 is 1.90 bits per heavy atom. The van der Waals surface area contributed by atoms with Gasteiger partial charge in [0.2, 0.25) is 5.03 Å². The molecule has 2 heterocycles. The van der Waals surface area contributed by atoms with Gasteiger partial charge in [0, 0.05) is 12.3 Å². The molecule has 0 saturated carbocycles. The highest BCUT2D eigenvalue weighted by Gasteiger charge is 2.21. The average Bonchev–Trinajstić information content (AvgIpc) is 2.47. The molecule has 0 amide bonds. The van der Waals surface area contributed by atoms with Crippen LogP contribution in [0, 0.1) is 5.82 Å². The largest absolute Gasteiger partial charge is 0.486 e. The Bertz CT molecular complexity index is 779. The highest BCUT2D eigenvalue weighted by molar-refractivity contribution is 7.92. The van der Waals surface area contributed by atoms with Crippen LogP contribution < -0.4 is 14.2 Å². The van der Waals surface area contributed by atoms with Crippen LogP contribution in [0.25, 0.3) is 0 Å². The Labute approximate surface area is 120 Å². The zero-order chi connectivity index (χ0) is 14.9. The predicted octanol–water partition coefficient (Wildman–Crippen LogP) is 1.79. The number of anilines is 1. The number of hydrogen-bond donors (Lipinski definition) is 1. The molecule has 0 atom stereocenters. The number of rotatable bonds is 3. The number of hydrogen-bond acceptors (Lipinski definition) is 5. The quantitative estimate of drug-likeness (QED) is 0.935. The topological polar surface area (TPSA) is 77.5 Å². The second kappa shape index (κ2) is 5.21. The Hall–Kier alpha value is -2.35. The van der Waals surface area contributed by atoms with Crippen LogP contribution >= 0.6 is 0 Å². The number of sulfonamides is 1. The number of benzene rings is 1. The molecule has 3 rings (SSSR count). The highest BCUT2D eigenvalue weighted by Crippen LogP contribution is 2.33. The summed E-state index contributed by atoms with van der Waals surface area (Å²) in [5.74, 6) is 0.0544. The minimum Gasteiger partial charge on any atom is -0.486 e. The predicted molar refractivity (Wildman–Crippen MR) is 72.4 cm³/mol. The van der Waals surface area contributed by atoms with Crippen LogP contribution in [-0.4, -0.2) is 26.6 Å². The lowest BCUT2D eigenvalue weighted by atomic mass is 10.3. The van der Waals surface area contributed by atoms with E-state index in [0.29, 0.717) is 24.7 Å². The first-order chi connectivity index (χ1) is 10.1. The SMILES string of the molecule is O=S(=O)(Nc1ccc2c(c1)OCCO2)c1ncccc1F. The molecule has 1 aromatic heterocycles. The first kappa shape index (κ1) is 13.6. The molecule has 0 saturated heterocycles. The van der Waals surface area contributed by atoms with E-state index in [-0.39, 0.29) is 5.69 Å². The molecule has 8 heteroatoms. The minimum atomic E-state index is -4.10. The van der Waals surface area contributed by atoms with Crippen molar-refractivity contribution in [3.8, 4) is 11.5 Å². The third-order valence-corrected chi connectivity index (χ3v) is 4.09. The number of pyridine rings is 1. The van der Waals surface area contributed by atoms with Crippen LogP contribution in [0.5, 0.6) is 11.5 Å². The third-order valence-electron chi connectivity index (χ3n) is 2.77. The van der Waals surface area contributed by atoms with Crippen LogP contribution in [0.15, 0.2) is 41.6 Å². The van der Waals surface area contributed by atoms with Crippen LogP contribution in [0.4, 0.5) is 10.1 Å². The standard InChI is InChI=1S/C13H11FN2O4S/c14-10-2-1-5-15-13(10)21(17,18)16-9-3-4-11-12(8-9)20-7-6-19-11/h1-5,8,16H,6-7H2. The van der Waals surface area contributed by atoms with Gasteiger partial charge in [-0.3, -0.25) is 4.72 Å². The first-order valence-corrected chi connectivity index (χ1v) is 7.57. The summed E-state index contributed by atoms with van der Waals surface area (Å²) >= 11 is 0. The average molecular weight is 310 g/mol. The van der Waals surface area contributed by atoms with Crippen molar-refractivity contribution in [1.29, 1.82) is 0 Å². The molecule has 6 nitrogen and oxygen atoms in total. The molecule has 0 spiro atoms. The fraction of sp³-hybridized carbons (Fsp3) is 0.154. The van der Waals surface area contributed by atoms with E-state index < -0.39 is 20.9 Å². The third kappa shape index (κ3) is 2.75. The molecule has 2 aromatic rings. The number of nitrogens with one attached hydrogen (secondary N) is 1. The molecule has 0 aliphatic carbocycles. The normalized spacial score (nSPS) is 13.8. The van der Waals surface area contributed by atoms with Gasteiger partial charge in [0.15, 0.2) is 17.3 Å². The summed E-state index contributed by atoms with van der Waals surface area (Å²) in [6.07, 6.45) is 1.21. The van der Waals surface area contributed by atoms with E-state index in [1.165, 1.54) is 24.4 Å². The van der Waals surface area contributed by atoms with Crippen LogP contribution in [0.3, 0.4) is 0 Å². The summed E-state index contributed by atoms with van der Waals surface area (Å²) in [4.78, 5) is 3.55. The van der Waals surface area contributed by atoms with Gasteiger partial charge in [0.05, 0.1) is 5.69 Å². The summed E-state index contributed by atoms with van der Waals surface area (Å²) in [6, 6.07) is 6.92. The van der Waals surface area contributed by atoms with Gasteiger partial charge in [0.1, 0.15) is 13.2 Å². The van der Waals surface area contributed by atoms with E-state index in [1.807, 2.05) is 0 Å². The van der Waals surface area contributed by atoms with Crippen molar-refractivity contribution in [2.75, 3.05) is 17.9 Å². The number of fused-ring (bicyclic) bond motifs is 1. The van der Waals surface area contributed by atoms with Crippen molar-refractivity contribution in [3.63, 3.8) is 0 Å². The lowest BCUT2D eigenvalue weighted by Crippen LogP contribution is -2.18. The summed E-state index contributed by atoms with van der Waals surface area (Å²) in [7, 11) is -4.10. The maximum atomic E-state index is 13.5. The molecule has 1 N–H and O–H groups in total. The van der Waals surface area contributed by atoms with E-state index in [0.717, 1.165) is 6.07 Å². The number of halogens is 1. The van der Waals surface area contributed by atoms with Crippen LogP contribution in [-0.2, 0) is 10.0 Å². The second-order valence-electron chi connectivity index (χ2n) is 4.25. The van der Waals surface area contributed by atoms with Gasteiger partial charge >= 0.3 is 0 Å². The van der Waals surface area contributed by atoms with Crippen molar-refractivity contribution in [3.05, 3.63) is 42.3 Å². The van der Waals surface area contributed by atoms with E-state index in [2.05, 4.69) is 9.71 Å². The molecule has 0 fully saturated rings. The smallest absolute Gasteiger partial charge is 0.282 e. The molecular formula is C13H11FN2O4S. The summed E-state index contributed by atoms with van der Waals surface area (Å²) in [6.45, 7) is 0.829. The Morgan fingerprint density at radius 3 is 2.67 bits per heavy atom. The van der Waals surface area contributed by atoms with E-state index in [9.17, 15) is 12.8 Å². The van der Waals surface area contributed by atoms with Gasteiger partial charge in [-0.2, -0.15) is 8.42 Å². The molecule has 0 bridgehead atoms. The molecule has 0 unspecified atom stereocenters. The van der Waals surface area contributed by atoms with Crippen LogP contribution in [0.1, 0.15) is 0 Å². The van der Waals surface area contributed by atoms with E-state index >= 15 is 0 Å². The first-order valence-electron chi connectivity index (χ1n) is 6.09. The van der Waals surface area contributed by atoms with Gasteiger partial charge in [-0.25, -0.2) is 9.37 Å². The summed E-state index contributed by atoms with van der Waals surface area (Å²) in [5, 5.41) is -0.653. The number of aromatic nitrogens is 1. The molecular weight excluding hydrogens is 299 g/mol. The van der Waals surface area contributed by atoms with E-state index in [4.69, 9.17) is 9.47 Å². The zero-order valence-electron chi connectivity index (χ0n) is 10.7. The Morgan fingerprint density at radius 1 is 1.14 bits per heavy atom. The van der Waals surface area contributed by atoms with Gasteiger partial charge in [0.25, 0.3) is 10.0 Å². The maximum absolute atomic E-state index is 13.5. The number of nitrogens with zero attached hydrogens (tertiary/aromatic N) is 1. The summed E-state index contributed by atoms with van der Waals surface area (Å²) in [5.41, 5.74) is 0.240. The highest BCUT2D eigenvalue weighted by atomic mass is 32.2. The fourth-order valence-corrected chi connectivity index (χ4v) is 2.94. The lowest BCUT2D eigenvalue weighted by molar-refractivity contribution is 0.171. The molecule has 1 aliphatic rings. The molecule has 1 aliphatic heterocycles. The Balaban J connectivity index is 1.91. The minimum absolute atomic E-state index is 0.240. The van der Waals surface area contributed by atoms with Crippen molar-refractivity contribution < 1.29 is 22.3 Å². The second-order valence-corrected chi connectivity index (χ2v) is 5.85. The maximum Gasteiger partial charge on any atom is 0.282 e. The van der Waals surface area contributed by atoms with Crippen molar-refractivity contribution in [1.82, 2.24) is 4.98 Å². The van der Waals surface area contributed by atoms with Crippen LogP contribution in [0.2, 0.25) is 0 Å². The van der Waals surface area contributed by atoms with Gasteiger partial charge in [-0.15, -0.1) is 0 Å². The van der Waals surface area contributed by atoms with Crippen molar-refractivity contribution >= 4 is 15.7 Å². The summed E-state index contributed by atoms with van der Waals surface area (Å²) < 4.78 is 50.7.